The van der Waals surface area contributed by atoms with E-state index in [0.717, 1.165) is 22.6 Å². The lowest BCUT2D eigenvalue weighted by Gasteiger charge is -2.37. The Bertz CT molecular complexity index is 1300. The first-order valence-corrected chi connectivity index (χ1v) is 13.5. The molecule has 7 nitrogen and oxygen atoms in total. The third kappa shape index (κ3) is 5.71. The molecule has 0 bridgehead atoms. The first kappa shape index (κ1) is 25.7. The van der Waals surface area contributed by atoms with Crippen LogP contribution >= 0.6 is 0 Å². The van der Waals surface area contributed by atoms with Crippen LogP contribution in [0.25, 0.3) is 0 Å². The van der Waals surface area contributed by atoms with Gasteiger partial charge >= 0.3 is 0 Å². The summed E-state index contributed by atoms with van der Waals surface area (Å²) in [6, 6.07) is 22.6. The van der Waals surface area contributed by atoms with E-state index >= 15 is 0 Å². The fourth-order valence-electron chi connectivity index (χ4n) is 4.48. The Hall–Kier alpha value is -3.36. The molecule has 1 heterocycles. The summed E-state index contributed by atoms with van der Waals surface area (Å²) in [7, 11) is -2.24. The van der Waals surface area contributed by atoms with Crippen LogP contribution in [0.15, 0.2) is 77.7 Å². The molecular weight excluding hydrogens is 474 g/mol. The van der Waals surface area contributed by atoms with Crippen molar-refractivity contribution in [2.24, 2.45) is 0 Å². The number of methoxy groups -OCH3 is 1. The monoisotopic (exact) mass is 507 g/mol. The number of para-hydroxylation sites is 2. The number of ether oxygens (including phenoxy) is 1. The summed E-state index contributed by atoms with van der Waals surface area (Å²) < 4.78 is 34.3. The van der Waals surface area contributed by atoms with E-state index in [1.807, 2.05) is 73.7 Å². The topological polar surface area (TPSA) is 70.2 Å². The molecule has 8 heteroatoms. The Morgan fingerprint density at radius 1 is 0.917 bits per heavy atom. The molecule has 0 N–H and O–H groups in total. The number of benzene rings is 3. The number of hydrogen-bond donors (Lipinski definition) is 0. The largest absolute Gasteiger partial charge is 0.495 e. The summed E-state index contributed by atoms with van der Waals surface area (Å²) in [5, 5.41) is 0. The Morgan fingerprint density at radius 2 is 1.58 bits per heavy atom. The Kier molecular flexibility index (Phi) is 7.96. The lowest BCUT2D eigenvalue weighted by molar-refractivity contribution is -0.131. The van der Waals surface area contributed by atoms with E-state index in [9.17, 15) is 13.2 Å². The van der Waals surface area contributed by atoms with Crippen molar-refractivity contribution in [3.8, 4) is 5.75 Å². The number of hydrogen-bond acceptors (Lipinski definition) is 5. The maximum Gasteiger partial charge on any atom is 0.244 e. The molecular formula is C28H33N3O4S. The number of sulfonamides is 1. The molecule has 0 atom stereocenters. The highest BCUT2D eigenvalue weighted by molar-refractivity contribution is 7.89. The molecule has 1 aliphatic heterocycles. The second-order valence-corrected chi connectivity index (χ2v) is 11.0. The lowest BCUT2D eigenvalue weighted by atomic mass is 10.2. The van der Waals surface area contributed by atoms with E-state index in [4.69, 9.17) is 4.74 Å². The zero-order valence-electron chi connectivity index (χ0n) is 21.1. The third-order valence-corrected chi connectivity index (χ3v) is 8.47. The van der Waals surface area contributed by atoms with Gasteiger partial charge in [0, 0.05) is 32.7 Å². The number of aryl methyl sites for hydroxylation is 2. The van der Waals surface area contributed by atoms with Gasteiger partial charge in [-0.15, -0.1) is 0 Å². The van der Waals surface area contributed by atoms with Crippen LogP contribution in [0.5, 0.6) is 5.75 Å². The van der Waals surface area contributed by atoms with Gasteiger partial charge in [-0.1, -0.05) is 54.6 Å². The second kappa shape index (κ2) is 11.1. The van der Waals surface area contributed by atoms with E-state index in [2.05, 4.69) is 4.90 Å². The molecule has 3 aromatic rings. The number of piperazine rings is 1. The summed E-state index contributed by atoms with van der Waals surface area (Å²) in [6.07, 6.45) is 0. The van der Waals surface area contributed by atoms with Crippen LogP contribution in [0.3, 0.4) is 0 Å². The van der Waals surface area contributed by atoms with Crippen molar-refractivity contribution in [3.05, 3.63) is 89.5 Å². The molecule has 190 valence electrons. The summed E-state index contributed by atoms with van der Waals surface area (Å²) >= 11 is 0. The molecule has 0 spiro atoms. The van der Waals surface area contributed by atoms with E-state index in [1.165, 1.54) is 4.31 Å². The number of nitrogens with zero attached hydrogens (tertiary/aromatic N) is 3. The molecule has 0 aliphatic carbocycles. The van der Waals surface area contributed by atoms with Crippen molar-refractivity contribution < 1.29 is 17.9 Å². The summed E-state index contributed by atoms with van der Waals surface area (Å²) in [5.74, 6) is 0.602. The smallest absolute Gasteiger partial charge is 0.244 e. The predicted octanol–water partition coefficient (Wildman–Crippen LogP) is 3.85. The van der Waals surface area contributed by atoms with Gasteiger partial charge in [0.1, 0.15) is 5.75 Å². The number of rotatable bonds is 8. The highest BCUT2D eigenvalue weighted by Gasteiger charge is 2.31. The van der Waals surface area contributed by atoms with Crippen molar-refractivity contribution in [1.82, 2.24) is 9.21 Å². The molecule has 4 rings (SSSR count). The fraction of sp³-hybridized carbons (Fsp3) is 0.321. The van der Waals surface area contributed by atoms with Gasteiger partial charge in [-0.2, -0.15) is 4.31 Å². The van der Waals surface area contributed by atoms with Crippen LogP contribution in [0.1, 0.15) is 16.7 Å². The summed E-state index contributed by atoms with van der Waals surface area (Å²) in [4.78, 5) is 17.6. The van der Waals surface area contributed by atoms with Gasteiger partial charge in [0.15, 0.2) is 0 Å². The van der Waals surface area contributed by atoms with Gasteiger partial charge in [-0.25, -0.2) is 8.42 Å². The number of carbonyl (C=O) groups excluding carboxylic acids is 1. The van der Waals surface area contributed by atoms with Crippen LogP contribution in [-0.4, -0.2) is 63.4 Å². The minimum absolute atomic E-state index is 0.128. The highest BCUT2D eigenvalue weighted by Crippen LogP contribution is 2.28. The van der Waals surface area contributed by atoms with Gasteiger partial charge < -0.3 is 14.5 Å². The van der Waals surface area contributed by atoms with Gasteiger partial charge in [0.05, 0.1) is 24.2 Å². The first-order valence-electron chi connectivity index (χ1n) is 12.1. The number of amides is 1. The molecule has 0 unspecified atom stereocenters. The molecule has 1 saturated heterocycles. The maximum atomic E-state index is 13.8. The van der Waals surface area contributed by atoms with Crippen LogP contribution < -0.4 is 9.64 Å². The molecule has 1 amide bonds. The molecule has 3 aromatic carbocycles. The molecule has 36 heavy (non-hydrogen) atoms. The third-order valence-electron chi connectivity index (χ3n) is 6.53. The highest BCUT2D eigenvalue weighted by atomic mass is 32.2. The Morgan fingerprint density at radius 3 is 2.28 bits per heavy atom. The Balaban J connectivity index is 1.52. The standard InChI is InChI=1S/C28H33N3O4S/c1-22-13-14-23(2)27(19-22)36(33,34)31(20-24-9-5-4-6-10-24)21-28(32)30-17-15-29(16-18-30)25-11-7-8-12-26(25)35-3/h4-14,19H,15-18,20-21H2,1-3H3. The summed E-state index contributed by atoms with van der Waals surface area (Å²) in [6.45, 7) is 5.89. The number of anilines is 1. The zero-order chi connectivity index (χ0) is 25.7. The van der Waals surface area contributed by atoms with Crippen LogP contribution in [0.2, 0.25) is 0 Å². The Labute approximate surface area is 214 Å². The minimum Gasteiger partial charge on any atom is -0.495 e. The maximum absolute atomic E-state index is 13.8. The van der Waals surface area contributed by atoms with Crippen molar-refractivity contribution in [1.29, 1.82) is 0 Å². The minimum atomic E-state index is -3.89. The van der Waals surface area contributed by atoms with E-state index in [1.54, 1.807) is 25.0 Å². The van der Waals surface area contributed by atoms with Crippen LogP contribution in [-0.2, 0) is 21.4 Å². The van der Waals surface area contributed by atoms with Crippen molar-refractivity contribution in [2.45, 2.75) is 25.3 Å². The van der Waals surface area contributed by atoms with E-state index in [-0.39, 0.29) is 23.9 Å². The first-order chi connectivity index (χ1) is 17.3. The molecule has 0 aromatic heterocycles. The van der Waals surface area contributed by atoms with Crippen molar-refractivity contribution in [3.63, 3.8) is 0 Å². The van der Waals surface area contributed by atoms with Crippen LogP contribution in [0.4, 0.5) is 5.69 Å². The van der Waals surface area contributed by atoms with Gasteiger partial charge in [-0.05, 0) is 48.7 Å². The SMILES string of the molecule is COc1ccccc1N1CCN(C(=O)CN(Cc2ccccc2)S(=O)(=O)c2cc(C)ccc2C)CC1. The predicted molar refractivity (Wildman–Crippen MR) is 142 cm³/mol. The van der Waals surface area contributed by atoms with Crippen molar-refractivity contribution in [2.75, 3.05) is 44.7 Å². The van der Waals surface area contributed by atoms with E-state index in [0.29, 0.717) is 31.7 Å². The fourth-order valence-corrected chi connectivity index (χ4v) is 6.16. The molecule has 0 saturated carbocycles. The van der Waals surface area contributed by atoms with Gasteiger partial charge in [0.25, 0.3) is 0 Å². The summed E-state index contributed by atoms with van der Waals surface area (Å²) in [5.41, 5.74) is 3.35. The van der Waals surface area contributed by atoms with Crippen molar-refractivity contribution >= 4 is 21.6 Å². The average Bonchev–Trinajstić information content (AvgIpc) is 2.90. The van der Waals surface area contributed by atoms with Gasteiger partial charge in [-0.3, -0.25) is 4.79 Å². The van der Waals surface area contributed by atoms with Crippen LogP contribution in [0, 0.1) is 13.8 Å². The van der Waals surface area contributed by atoms with E-state index < -0.39 is 10.0 Å². The quantitative estimate of drug-likeness (QED) is 0.463. The molecule has 1 fully saturated rings. The number of carbonyl (C=O) groups is 1. The lowest BCUT2D eigenvalue weighted by Crippen LogP contribution is -2.51. The molecule has 0 radical (unpaired) electrons. The van der Waals surface area contributed by atoms with Gasteiger partial charge in [0.2, 0.25) is 15.9 Å². The molecule has 1 aliphatic rings. The zero-order valence-corrected chi connectivity index (χ0v) is 21.9. The normalized spacial score (nSPS) is 14.2. The second-order valence-electron chi connectivity index (χ2n) is 9.07. The average molecular weight is 508 g/mol.